The maximum absolute atomic E-state index is 13.6. The summed E-state index contributed by atoms with van der Waals surface area (Å²) in [5.74, 6) is -1.45. The molecule has 4 aromatic rings. The number of rotatable bonds is 8. The molecule has 0 spiro atoms. The average Bonchev–Trinajstić information content (AvgIpc) is 3.71. The fraction of sp³-hybridized carbons (Fsp3) is 0.448. The van der Waals surface area contributed by atoms with Crippen LogP contribution in [0.4, 0.5) is 13.2 Å². The van der Waals surface area contributed by atoms with Crippen LogP contribution in [0.5, 0.6) is 0 Å². The van der Waals surface area contributed by atoms with Gasteiger partial charge in [0.25, 0.3) is 12.0 Å². The van der Waals surface area contributed by atoms with Crippen LogP contribution in [0.2, 0.25) is 5.02 Å². The summed E-state index contributed by atoms with van der Waals surface area (Å²) in [6.07, 6.45) is 1.13. The van der Waals surface area contributed by atoms with Gasteiger partial charge in [-0.3, -0.25) is 18.8 Å². The Bertz CT molecular complexity index is 1730. The Morgan fingerprint density at radius 1 is 1.26 bits per heavy atom. The second kappa shape index (κ2) is 11.7. The number of benzene rings is 1. The van der Waals surface area contributed by atoms with Crippen LogP contribution in [0, 0.1) is 5.95 Å². The molecule has 0 bridgehead atoms. The number of fused-ring (bicyclic) bond motifs is 2. The predicted octanol–water partition coefficient (Wildman–Crippen LogP) is 4.05. The van der Waals surface area contributed by atoms with Gasteiger partial charge in [-0.25, -0.2) is 13.8 Å². The highest BCUT2D eigenvalue weighted by molar-refractivity contribution is 7.15. The van der Waals surface area contributed by atoms with E-state index in [2.05, 4.69) is 21.5 Å². The highest BCUT2D eigenvalue weighted by Crippen LogP contribution is 2.40. The van der Waals surface area contributed by atoms with Gasteiger partial charge in [-0.2, -0.15) is 4.39 Å². The monoisotopic (exact) mass is 634 g/mol. The summed E-state index contributed by atoms with van der Waals surface area (Å²) in [6.45, 7) is 0.216. The maximum atomic E-state index is 13.6. The van der Waals surface area contributed by atoms with E-state index in [1.807, 2.05) is 13.1 Å². The van der Waals surface area contributed by atoms with E-state index in [-0.39, 0.29) is 38.0 Å². The van der Waals surface area contributed by atoms with Crippen LogP contribution in [-0.2, 0) is 24.2 Å². The van der Waals surface area contributed by atoms with E-state index in [1.165, 1.54) is 38.3 Å². The molecule has 1 fully saturated rings. The van der Waals surface area contributed by atoms with E-state index in [0.29, 0.717) is 22.0 Å². The molecule has 6 rings (SSSR count). The number of halogens is 4. The summed E-state index contributed by atoms with van der Waals surface area (Å²) >= 11 is 8.07. The lowest BCUT2D eigenvalue weighted by atomic mass is 9.91. The molecule has 4 heterocycles. The molecule has 14 heteroatoms. The van der Waals surface area contributed by atoms with Crippen LogP contribution in [0.25, 0.3) is 21.3 Å². The Balaban J connectivity index is 1.15. The van der Waals surface area contributed by atoms with Crippen molar-refractivity contribution in [1.29, 1.82) is 0 Å². The third-order valence-corrected chi connectivity index (χ3v) is 9.87. The van der Waals surface area contributed by atoms with Crippen molar-refractivity contribution >= 4 is 39.7 Å². The normalized spacial score (nSPS) is 18.9. The highest BCUT2D eigenvalue weighted by Gasteiger charge is 2.36. The lowest BCUT2D eigenvalue weighted by molar-refractivity contribution is -0.138. The third-order valence-electron chi connectivity index (χ3n) is 8.56. The highest BCUT2D eigenvalue weighted by atomic mass is 35.5. The molecule has 2 atom stereocenters. The second-order valence-corrected chi connectivity index (χ2v) is 12.6. The Hall–Kier alpha value is -3.26. The standard InChI is InChI=1S/C29H30ClF3N6O3S/c1-34-18-8-16-10-19(21(30)11-17(16)9-18)26-25-20(13-43-26)28(41)38(15-35-25)14-29(42)3-6-37(7-4-29)24(40)12-22(27(32)33)39-5-2-23(31)36-39/h2,5,10-11,13,15,18,22,27,34,42H,3-4,6-9,12,14H2,1H3. The smallest absolute Gasteiger partial charge is 0.262 e. The van der Waals surface area contributed by atoms with Gasteiger partial charge < -0.3 is 15.3 Å². The number of hydrogen-bond donors (Lipinski definition) is 2. The zero-order chi connectivity index (χ0) is 30.5. The van der Waals surface area contributed by atoms with Crippen molar-refractivity contribution in [2.75, 3.05) is 20.1 Å². The SMILES string of the molecule is CNC1Cc2cc(Cl)c(-c3scc4c(=O)n(CC5(O)CCN(C(=O)CC(C(F)F)n6ccc(F)n6)CC5)cnc34)cc2C1. The summed E-state index contributed by atoms with van der Waals surface area (Å²) in [5.41, 5.74) is 2.24. The number of aliphatic hydroxyl groups is 1. The maximum Gasteiger partial charge on any atom is 0.262 e. The number of likely N-dealkylation sites (tertiary alicyclic amines) is 1. The number of aromatic nitrogens is 4. The number of carbonyl (C=O) groups excluding carboxylic acids is 1. The molecule has 0 radical (unpaired) electrons. The predicted molar refractivity (Wildman–Crippen MR) is 157 cm³/mol. The molecule has 1 aliphatic heterocycles. The van der Waals surface area contributed by atoms with E-state index in [1.54, 1.807) is 5.38 Å². The first-order valence-electron chi connectivity index (χ1n) is 14.0. The molecule has 1 saturated heterocycles. The summed E-state index contributed by atoms with van der Waals surface area (Å²) in [4.78, 5) is 33.0. The summed E-state index contributed by atoms with van der Waals surface area (Å²) in [6, 6.07) is 3.80. The van der Waals surface area contributed by atoms with Gasteiger partial charge in [-0.1, -0.05) is 11.6 Å². The summed E-state index contributed by atoms with van der Waals surface area (Å²) in [5, 5.41) is 20.8. The second-order valence-electron chi connectivity index (χ2n) is 11.3. The van der Waals surface area contributed by atoms with E-state index in [0.717, 1.165) is 40.2 Å². The van der Waals surface area contributed by atoms with Crippen molar-refractivity contribution in [3.05, 3.63) is 68.6 Å². The minimum atomic E-state index is -2.92. The molecule has 43 heavy (non-hydrogen) atoms. The van der Waals surface area contributed by atoms with Gasteiger partial charge in [-0.15, -0.1) is 16.4 Å². The molecule has 0 saturated carbocycles. The fourth-order valence-electron chi connectivity index (χ4n) is 6.04. The lowest BCUT2D eigenvalue weighted by Gasteiger charge is -2.38. The van der Waals surface area contributed by atoms with Crippen molar-refractivity contribution in [1.82, 2.24) is 29.5 Å². The Kier molecular flexibility index (Phi) is 8.09. The van der Waals surface area contributed by atoms with Crippen LogP contribution in [0.3, 0.4) is 0 Å². The van der Waals surface area contributed by atoms with Crippen LogP contribution in [0.1, 0.15) is 36.4 Å². The number of thiophene rings is 1. The largest absolute Gasteiger partial charge is 0.388 e. The molecular weight excluding hydrogens is 605 g/mol. The first-order valence-corrected chi connectivity index (χ1v) is 15.3. The number of alkyl halides is 2. The molecule has 2 N–H and O–H groups in total. The van der Waals surface area contributed by atoms with Crippen LogP contribution < -0.4 is 10.9 Å². The Morgan fingerprint density at radius 2 is 1.98 bits per heavy atom. The molecule has 2 aliphatic rings. The van der Waals surface area contributed by atoms with E-state index in [9.17, 15) is 27.9 Å². The van der Waals surface area contributed by atoms with Gasteiger partial charge in [0.1, 0.15) is 6.04 Å². The average molecular weight is 635 g/mol. The fourth-order valence-corrected chi connectivity index (χ4v) is 7.40. The zero-order valence-electron chi connectivity index (χ0n) is 23.3. The minimum absolute atomic E-state index is 0.0286. The van der Waals surface area contributed by atoms with Gasteiger partial charge in [-0.05, 0) is 56.0 Å². The first-order chi connectivity index (χ1) is 20.5. The molecular formula is C29H30ClF3N6O3S. The van der Waals surface area contributed by atoms with Crippen LogP contribution in [0.15, 0.2) is 40.9 Å². The van der Waals surface area contributed by atoms with Crippen LogP contribution in [-0.4, -0.2) is 73.5 Å². The molecule has 1 aliphatic carbocycles. The molecule has 3 aromatic heterocycles. The number of amides is 1. The third kappa shape index (κ3) is 5.83. The number of hydrogen-bond acceptors (Lipinski definition) is 7. The minimum Gasteiger partial charge on any atom is -0.388 e. The summed E-state index contributed by atoms with van der Waals surface area (Å²) in [7, 11) is 1.94. The number of nitrogens with one attached hydrogen (secondary N) is 1. The number of nitrogens with zero attached hydrogens (tertiary/aromatic N) is 5. The van der Waals surface area contributed by atoms with E-state index < -0.39 is 36.3 Å². The molecule has 1 amide bonds. The number of piperidine rings is 1. The molecule has 1 aromatic carbocycles. The van der Waals surface area contributed by atoms with Crippen molar-refractivity contribution in [2.24, 2.45) is 0 Å². The number of likely N-dealkylation sites (N-methyl/N-ethyl adjacent to an activating group) is 1. The van der Waals surface area contributed by atoms with E-state index in [4.69, 9.17) is 11.6 Å². The van der Waals surface area contributed by atoms with Gasteiger partial charge >= 0.3 is 0 Å². The Labute approximate surface area is 253 Å². The Morgan fingerprint density at radius 3 is 2.63 bits per heavy atom. The van der Waals surface area contributed by atoms with E-state index >= 15 is 0 Å². The quantitative estimate of drug-likeness (QED) is 0.303. The molecule has 2 unspecified atom stereocenters. The summed E-state index contributed by atoms with van der Waals surface area (Å²) < 4.78 is 42.6. The zero-order valence-corrected chi connectivity index (χ0v) is 24.8. The lowest BCUT2D eigenvalue weighted by Crippen LogP contribution is -2.50. The van der Waals surface area contributed by atoms with Crippen molar-refractivity contribution < 1.29 is 23.1 Å². The first kappa shape index (κ1) is 29.8. The van der Waals surface area contributed by atoms with Gasteiger partial charge in [0.2, 0.25) is 11.9 Å². The topological polar surface area (TPSA) is 105 Å². The van der Waals surface area contributed by atoms with Crippen molar-refractivity contribution in [3.63, 3.8) is 0 Å². The van der Waals surface area contributed by atoms with Gasteiger partial charge in [0.05, 0.1) is 40.7 Å². The molecule has 228 valence electrons. The molecule has 9 nitrogen and oxygen atoms in total. The van der Waals surface area contributed by atoms with Gasteiger partial charge in [0, 0.05) is 47.4 Å². The van der Waals surface area contributed by atoms with Gasteiger partial charge in [0.15, 0.2) is 0 Å². The number of carbonyl (C=O) groups is 1. The van der Waals surface area contributed by atoms with Crippen LogP contribution >= 0.6 is 22.9 Å². The van der Waals surface area contributed by atoms with Crippen molar-refractivity contribution in [2.45, 2.75) is 62.8 Å². The van der Waals surface area contributed by atoms with Crippen molar-refractivity contribution in [3.8, 4) is 10.4 Å².